The van der Waals surface area contributed by atoms with Crippen molar-refractivity contribution in [2.24, 2.45) is 0 Å². The number of allylic oxidation sites excluding steroid dienone is 10. The van der Waals surface area contributed by atoms with Gasteiger partial charge in [-0.1, -0.05) is 139 Å². The van der Waals surface area contributed by atoms with E-state index in [0.29, 0.717) is 19.3 Å². The number of carbonyl (C=O) groups excluding carboxylic acids is 2. The Morgan fingerprint density at radius 2 is 1.09 bits per heavy atom. The van der Waals surface area contributed by atoms with Crippen molar-refractivity contribution in [3.05, 3.63) is 60.8 Å². The summed E-state index contributed by atoms with van der Waals surface area (Å²) in [6, 6.07) is -0.619. The lowest BCUT2D eigenvalue weighted by molar-refractivity contribution is -0.887. The second kappa shape index (κ2) is 36.0. The number of nitrogens with zero attached hydrogens (tertiary/aromatic N) is 1. The predicted molar refractivity (Wildman–Crippen MR) is 220 cm³/mol. The van der Waals surface area contributed by atoms with Crippen LogP contribution in [0.2, 0.25) is 0 Å². The highest BCUT2D eigenvalue weighted by Gasteiger charge is 2.31. The lowest BCUT2D eigenvalue weighted by Gasteiger charge is -2.31. The second-order valence-electron chi connectivity index (χ2n) is 14.9. The number of hydrogen-bond donors (Lipinski definition) is 1. The van der Waals surface area contributed by atoms with Crippen LogP contribution in [-0.2, 0) is 28.6 Å². The lowest BCUT2D eigenvalue weighted by Crippen LogP contribution is -2.50. The Bertz CT molecular complexity index is 1050. The molecule has 0 heterocycles. The maximum atomic E-state index is 12.7. The fourth-order valence-electron chi connectivity index (χ4n) is 5.77. The van der Waals surface area contributed by atoms with Crippen LogP contribution in [0.3, 0.4) is 0 Å². The lowest BCUT2D eigenvalue weighted by atomic mass is 10.1. The first kappa shape index (κ1) is 50.0. The van der Waals surface area contributed by atoms with E-state index < -0.39 is 18.1 Å². The molecule has 0 saturated heterocycles. The van der Waals surface area contributed by atoms with Crippen molar-refractivity contribution in [3.8, 4) is 0 Å². The molecule has 0 saturated carbocycles. The van der Waals surface area contributed by atoms with Crippen LogP contribution >= 0.6 is 0 Å². The maximum Gasteiger partial charge on any atom is 0.362 e. The quantitative estimate of drug-likeness (QED) is 0.0224. The van der Waals surface area contributed by atoms with Crippen LogP contribution in [0.15, 0.2) is 60.8 Å². The fourth-order valence-corrected chi connectivity index (χ4v) is 5.77. The van der Waals surface area contributed by atoms with Crippen LogP contribution in [0.1, 0.15) is 155 Å². The molecule has 0 aromatic rings. The van der Waals surface area contributed by atoms with E-state index in [9.17, 15) is 19.5 Å². The van der Waals surface area contributed by atoms with Gasteiger partial charge in [0.15, 0.2) is 12.1 Å². The van der Waals surface area contributed by atoms with Gasteiger partial charge in [-0.2, -0.15) is 0 Å². The van der Waals surface area contributed by atoms with E-state index in [1.807, 2.05) is 21.1 Å². The van der Waals surface area contributed by atoms with Crippen LogP contribution in [0.4, 0.5) is 0 Å². The summed E-state index contributed by atoms with van der Waals surface area (Å²) in [7, 11) is 5.51. The van der Waals surface area contributed by atoms with Crippen molar-refractivity contribution in [3.63, 3.8) is 0 Å². The first-order chi connectivity index (χ1) is 25.6. The summed E-state index contributed by atoms with van der Waals surface area (Å²) in [6.45, 7) is 4.47. The molecular weight excluding hydrogens is 666 g/mol. The minimum atomic E-state index is -0.881. The van der Waals surface area contributed by atoms with Gasteiger partial charge in [0.1, 0.15) is 6.61 Å². The molecule has 0 aliphatic carbocycles. The number of ether oxygens (including phenoxy) is 3. The van der Waals surface area contributed by atoms with E-state index >= 15 is 0 Å². The molecule has 0 rings (SSSR count). The molecule has 0 bridgehead atoms. The molecule has 53 heavy (non-hydrogen) atoms. The first-order valence-corrected chi connectivity index (χ1v) is 20.9. The van der Waals surface area contributed by atoms with Crippen LogP contribution < -0.4 is 0 Å². The number of quaternary nitrogens is 1. The summed E-state index contributed by atoms with van der Waals surface area (Å²) >= 11 is 0. The van der Waals surface area contributed by atoms with Crippen molar-refractivity contribution in [1.82, 2.24) is 0 Å². The molecule has 8 nitrogen and oxygen atoms in total. The van der Waals surface area contributed by atoms with E-state index in [4.69, 9.17) is 14.2 Å². The molecule has 0 radical (unpaired) electrons. The zero-order valence-electron chi connectivity index (χ0n) is 34.4. The Morgan fingerprint density at radius 1 is 0.585 bits per heavy atom. The van der Waals surface area contributed by atoms with Gasteiger partial charge in [-0.05, 0) is 57.8 Å². The third kappa shape index (κ3) is 34.5. The smallest absolute Gasteiger partial charge is 0.362 e. The number of hydrogen-bond acceptors (Lipinski definition) is 6. The predicted octanol–water partition coefficient (Wildman–Crippen LogP) is 11.0. The average molecular weight is 745 g/mol. The normalized spacial score (nSPS) is 13.6. The van der Waals surface area contributed by atoms with Gasteiger partial charge in [0, 0.05) is 19.3 Å². The third-order valence-electron chi connectivity index (χ3n) is 8.97. The van der Waals surface area contributed by atoms with E-state index in [-0.39, 0.29) is 36.2 Å². The summed E-state index contributed by atoms with van der Waals surface area (Å²) in [5, 5.41) is 9.60. The van der Waals surface area contributed by atoms with E-state index in [1.165, 1.54) is 51.4 Å². The second-order valence-corrected chi connectivity index (χ2v) is 14.9. The van der Waals surface area contributed by atoms with Crippen LogP contribution in [0, 0.1) is 0 Å². The molecule has 0 amide bonds. The Morgan fingerprint density at radius 3 is 1.66 bits per heavy atom. The highest BCUT2D eigenvalue weighted by Crippen LogP contribution is 2.14. The van der Waals surface area contributed by atoms with Crippen molar-refractivity contribution < 1.29 is 38.2 Å². The Labute approximate surface area is 324 Å². The van der Waals surface area contributed by atoms with Crippen LogP contribution in [0.25, 0.3) is 0 Å². The zero-order valence-corrected chi connectivity index (χ0v) is 34.4. The van der Waals surface area contributed by atoms with E-state index in [2.05, 4.69) is 74.6 Å². The number of aliphatic carboxylic acids is 1. The number of rotatable bonds is 36. The van der Waals surface area contributed by atoms with Gasteiger partial charge in [-0.3, -0.25) is 9.59 Å². The average Bonchev–Trinajstić information content (AvgIpc) is 3.11. The van der Waals surface area contributed by atoms with Crippen molar-refractivity contribution in [1.29, 1.82) is 0 Å². The summed E-state index contributed by atoms with van der Waals surface area (Å²) < 4.78 is 17.2. The van der Waals surface area contributed by atoms with Gasteiger partial charge in [0.05, 0.1) is 34.4 Å². The maximum absolute atomic E-state index is 12.7. The zero-order chi connectivity index (χ0) is 39.3. The number of esters is 2. The molecule has 304 valence electrons. The van der Waals surface area contributed by atoms with Gasteiger partial charge in [0.25, 0.3) is 0 Å². The van der Waals surface area contributed by atoms with Gasteiger partial charge in [-0.25, -0.2) is 4.79 Å². The highest BCUT2D eigenvalue weighted by atomic mass is 16.6. The molecule has 0 aromatic heterocycles. The van der Waals surface area contributed by atoms with Gasteiger partial charge in [0.2, 0.25) is 0 Å². The number of unbranched alkanes of at least 4 members (excludes halogenated alkanes) is 14. The molecule has 8 heteroatoms. The Hall–Kier alpha value is -2.97. The minimum Gasteiger partial charge on any atom is -0.477 e. The number of carboxylic acid groups (broad SMARTS) is 1. The third-order valence-corrected chi connectivity index (χ3v) is 8.97. The summed E-state index contributed by atoms with van der Waals surface area (Å²) in [4.78, 5) is 36.9. The topological polar surface area (TPSA) is 99.1 Å². The fraction of sp³-hybridized carbons (Fsp3) is 0.711. The molecule has 1 N–H and O–H groups in total. The molecule has 0 spiro atoms. The molecule has 0 aliphatic heterocycles. The number of carboxylic acids is 1. The molecule has 0 fully saturated rings. The largest absolute Gasteiger partial charge is 0.477 e. The molecule has 0 aliphatic rings. The first-order valence-electron chi connectivity index (χ1n) is 20.9. The summed E-state index contributed by atoms with van der Waals surface area (Å²) in [5.41, 5.74) is 0. The van der Waals surface area contributed by atoms with E-state index in [0.717, 1.165) is 70.6 Å². The van der Waals surface area contributed by atoms with E-state index in [1.54, 1.807) is 0 Å². The van der Waals surface area contributed by atoms with Crippen molar-refractivity contribution in [2.75, 3.05) is 41.0 Å². The summed E-state index contributed by atoms with van der Waals surface area (Å²) in [6.07, 6.45) is 42.6. The minimum absolute atomic E-state index is 0.0515. The van der Waals surface area contributed by atoms with Crippen molar-refractivity contribution >= 4 is 17.9 Å². The monoisotopic (exact) mass is 745 g/mol. The molecule has 0 aromatic carbocycles. The summed E-state index contributed by atoms with van der Waals surface area (Å²) in [5.74, 6) is -1.50. The highest BCUT2D eigenvalue weighted by molar-refractivity contribution is 5.72. The van der Waals surface area contributed by atoms with Crippen molar-refractivity contribution in [2.45, 2.75) is 167 Å². The Balaban J connectivity index is 4.40. The number of carbonyl (C=O) groups is 3. The Kier molecular flexibility index (Phi) is 34.0. The number of likely N-dealkylation sites (N-methyl/N-ethyl adjacent to an activating group) is 1. The molecule has 2 atom stereocenters. The molecular formula is C45H78NO7+. The SMILES string of the molecule is CC/C=C/C=C/C=C/CCCCCCCCCC(=O)OCC(COCCC(C(=O)O)[N+](C)(C)C)OC(=O)CCCCCCCCC/C=C/C/C=C/CC. The van der Waals surface area contributed by atoms with Crippen LogP contribution in [-0.4, -0.2) is 80.6 Å². The molecule has 2 unspecified atom stereocenters. The van der Waals surface area contributed by atoms with Gasteiger partial charge >= 0.3 is 17.9 Å². The van der Waals surface area contributed by atoms with Gasteiger partial charge < -0.3 is 23.8 Å². The van der Waals surface area contributed by atoms with Gasteiger partial charge in [-0.15, -0.1) is 0 Å². The van der Waals surface area contributed by atoms with Crippen LogP contribution in [0.5, 0.6) is 0 Å². The standard InChI is InChI=1S/C45H77NO7/c1-6-8-10-12-14-16-18-20-22-24-25-27-29-31-33-35-43(47)52-40-41(39-51-38-37-42(45(49)50)46(3,4)5)53-44(48)36-34-32-30-28-26-23-21-19-17-15-13-11-9-7-2/h8-12,14-18,41-42H,6-7,13,19-40H2,1-5H3/p+1/b10-8+,11-9+,14-12+,17-15+,18-16+.